The number of carbonyl (C=O) groups is 1. The van der Waals surface area contributed by atoms with Crippen LogP contribution in [0.5, 0.6) is 0 Å². The summed E-state index contributed by atoms with van der Waals surface area (Å²) < 4.78 is 11.0. The van der Waals surface area contributed by atoms with Gasteiger partial charge < -0.3 is 19.4 Å². The predicted molar refractivity (Wildman–Crippen MR) is 123 cm³/mol. The van der Waals surface area contributed by atoms with Crippen LogP contribution in [0.1, 0.15) is 30.0 Å². The highest BCUT2D eigenvalue weighted by Crippen LogP contribution is 2.41. The van der Waals surface area contributed by atoms with Crippen molar-refractivity contribution in [2.24, 2.45) is 0 Å². The maximum atomic E-state index is 11.7. The third-order valence-corrected chi connectivity index (χ3v) is 6.44. The highest BCUT2D eigenvalue weighted by molar-refractivity contribution is 7.99. The van der Waals surface area contributed by atoms with Crippen molar-refractivity contribution in [1.82, 2.24) is 15.2 Å². The van der Waals surface area contributed by atoms with Crippen molar-refractivity contribution in [3.63, 3.8) is 0 Å². The zero-order valence-corrected chi connectivity index (χ0v) is 19.0. The van der Waals surface area contributed by atoms with Gasteiger partial charge in [-0.05, 0) is 60.7 Å². The van der Waals surface area contributed by atoms with E-state index in [0.717, 1.165) is 21.4 Å². The molecule has 0 saturated carbocycles. The first-order valence-electron chi connectivity index (χ1n) is 9.63. The van der Waals surface area contributed by atoms with Crippen LogP contribution >= 0.6 is 35.6 Å². The first-order chi connectivity index (χ1) is 15.0. The molecule has 4 rings (SSSR count). The van der Waals surface area contributed by atoms with Gasteiger partial charge in [-0.25, -0.2) is 0 Å². The minimum Gasteiger partial charge on any atom is -0.469 e. The van der Waals surface area contributed by atoms with E-state index in [9.17, 15) is 4.79 Å². The summed E-state index contributed by atoms with van der Waals surface area (Å²) >= 11 is 13.1. The smallest absolute Gasteiger partial charge is 0.307 e. The topological polar surface area (TPSA) is 67.6 Å². The van der Waals surface area contributed by atoms with E-state index in [1.54, 1.807) is 6.20 Å². The number of benzene rings is 1. The van der Waals surface area contributed by atoms with Gasteiger partial charge >= 0.3 is 5.97 Å². The van der Waals surface area contributed by atoms with Crippen LogP contribution in [0.25, 0.3) is 0 Å². The SMILES string of the molecule is COC(=O)CCN1C(=S)NC(c2ccccn2)C1c1ccc(Sc2ccc(Cl)cc2)o1. The number of hydrogen-bond acceptors (Lipinski definition) is 6. The number of carbonyl (C=O) groups excluding carboxylic acids is 1. The van der Waals surface area contributed by atoms with Crippen molar-refractivity contribution >= 4 is 46.7 Å². The van der Waals surface area contributed by atoms with E-state index in [0.29, 0.717) is 16.7 Å². The number of esters is 1. The van der Waals surface area contributed by atoms with Crippen LogP contribution in [-0.2, 0) is 9.53 Å². The number of rotatable bonds is 7. The van der Waals surface area contributed by atoms with Crippen LogP contribution in [0, 0.1) is 0 Å². The van der Waals surface area contributed by atoms with Gasteiger partial charge in [0.25, 0.3) is 0 Å². The Balaban J connectivity index is 1.61. The summed E-state index contributed by atoms with van der Waals surface area (Å²) in [7, 11) is 1.38. The zero-order chi connectivity index (χ0) is 21.8. The highest BCUT2D eigenvalue weighted by Gasteiger charge is 2.41. The minimum atomic E-state index is -0.290. The van der Waals surface area contributed by atoms with Crippen LogP contribution in [0.15, 0.2) is 75.2 Å². The van der Waals surface area contributed by atoms with Crippen LogP contribution < -0.4 is 5.32 Å². The molecule has 2 aromatic heterocycles. The number of hydrogen-bond donors (Lipinski definition) is 1. The summed E-state index contributed by atoms with van der Waals surface area (Å²) in [5, 5.41) is 5.33. The molecule has 9 heteroatoms. The molecule has 2 unspecified atom stereocenters. The van der Waals surface area contributed by atoms with Crippen LogP contribution in [0.3, 0.4) is 0 Å². The lowest BCUT2D eigenvalue weighted by Gasteiger charge is -2.25. The first-order valence-corrected chi connectivity index (χ1v) is 11.2. The molecule has 6 nitrogen and oxygen atoms in total. The van der Waals surface area contributed by atoms with Crippen molar-refractivity contribution in [2.45, 2.75) is 28.5 Å². The fraction of sp³-hybridized carbons (Fsp3) is 0.227. The third kappa shape index (κ3) is 5.03. The molecular formula is C22H20ClN3O3S2. The molecule has 1 N–H and O–H groups in total. The van der Waals surface area contributed by atoms with Gasteiger partial charge in [-0.2, -0.15) is 0 Å². The summed E-state index contributed by atoms with van der Waals surface area (Å²) in [6.45, 7) is 0.410. The van der Waals surface area contributed by atoms with Crippen molar-refractivity contribution in [1.29, 1.82) is 0 Å². The lowest BCUT2D eigenvalue weighted by molar-refractivity contribution is -0.140. The predicted octanol–water partition coefficient (Wildman–Crippen LogP) is 5.01. The van der Waals surface area contributed by atoms with Gasteiger partial charge in [-0.15, -0.1) is 0 Å². The number of aromatic nitrogens is 1. The summed E-state index contributed by atoms with van der Waals surface area (Å²) in [4.78, 5) is 19.2. The van der Waals surface area contributed by atoms with E-state index in [1.165, 1.54) is 18.9 Å². The van der Waals surface area contributed by atoms with Crippen molar-refractivity contribution in [3.8, 4) is 0 Å². The molecule has 0 radical (unpaired) electrons. The second kappa shape index (κ2) is 9.72. The Hall–Kier alpha value is -2.55. The number of nitrogens with one attached hydrogen (secondary N) is 1. The van der Waals surface area contributed by atoms with Crippen LogP contribution in [-0.4, -0.2) is 34.6 Å². The zero-order valence-electron chi connectivity index (χ0n) is 16.7. The van der Waals surface area contributed by atoms with Crippen molar-refractivity contribution < 1.29 is 13.9 Å². The molecule has 1 aliphatic heterocycles. The maximum absolute atomic E-state index is 11.7. The molecular weight excluding hydrogens is 454 g/mol. The largest absolute Gasteiger partial charge is 0.469 e. The molecule has 0 bridgehead atoms. The Bertz CT molecular complexity index is 1060. The van der Waals surface area contributed by atoms with Gasteiger partial charge in [-0.3, -0.25) is 9.78 Å². The summed E-state index contributed by atoms with van der Waals surface area (Å²) in [6, 6.07) is 16.8. The molecule has 0 amide bonds. The standard InChI is InChI=1S/C22H20ClN3O3S2/c1-28-18(27)11-13-26-21(20(25-22(26)30)16-4-2-3-12-24-16)17-9-10-19(29-17)31-15-7-5-14(23)6-8-15/h2-10,12,20-21H,11,13H2,1H3,(H,25,30). The molecule has 0 aliphatic carbocycles. The number of furan rings is 1. The van der Waals surface area contributed by atoms with Gasteiger partial charge in [-0.1, -0.05) is 29.4 Å². The molecule has 31 heavy (non-hydrogen) atoms. The Labute approximate surface area is 194 Å². The maximum Gasteiger partial charge on any atom is 0.307 e. The molecule has 160 valence electrons. The fourth-order valence-electron chi connectivity index (χ4n) is 3.44. The van der Waals surface area contributed by atoms with Gasteiger partial charge in [0.2, 0.25) is 0 Å². The Kier molecular flexibility index (Phi) is 6.80. The van der Waals surface area contributed by atoms with E-state index >= 15 is 0 Å². The average molecular weight is 474 g/mol. The van der Waals surface area contributed by atoms with Crippen molar-refractivity contribution in [2.75, 3.05) is 13.7 Å². The van der Waals surface area contributed by atoms with Crippen LogP contribution in [0.4, 0.5) is 0 Å². The second-order valence-corrected chi connectivity index (χ2v) is 8.76. The Morgan fingerprint density at radius 2 is 2.06 bits per heavy atom. The number of thiocarbonyl (C=S) groups is 1. The van der Waals surface area contributed by atoms with Gasteiger partial charge in [0, 0.05) is 22.7 Å². The van der Waals surface area contributed by atoms with Crippen LogP contribution in [0.2, 0.25) is 5.02 Å². The van der Waals surface area contributed by atoms with E-state index in [2.05, 4.69) is 10.3 Å². The second-order valence-electron chi connectivity index (χ2n) is 6.86. The Morgan fingerprint density at radius 3 is 2.77 bits per heavy atom. The first kappa shape index (κ1) is 21.7. The number of halogens is 1. The summed E-state index contributed by atoms with van der Waals surface area (Å²) in [6.07, 6.45) is 1.97. The van der Waals surface area contributed by atoms with Gasteiger partial charge in [0.05, 0.1) is 25.3 Å². The molecule has 0 spiro atoms. The average Bonchev–Trinajstić information content (AvgIpc) is 3.38. The molecule has 2 atom stereocenters. The molecule has 1 fully saturated rings. The molecule has 1 aliphatic rings. The van der Waals surface area contributed by atoms with E-state index in [4.69, 9.17) is 33.0 Å². The number of ether oxygens (including phenoxy) is 1. The Morgan fingerprint density at radius 1 is 1.26 bits per heavy atom. The lowest BCUT2D eigenvalue weighted by Crippen LogP contribution is -2.31. The number of nitrogens with zero attached hydrogens (tertiary/aromatic N) is 2. The highest BCUT2D eigenvalue weighted by atomic mass is 35.5. The minimum absolute atomic E-state index is 0.203. The monoisotopic (exact) mass is 473 g/mol. The summed E-state index contributed by atoms with van der Waals surface area (Å²) in [5.41, 5.74) is 0.846. The van der Waals surface area contributed by atoms with E-state index in [1.807, 2.05) is 59.5 Å². The molecule has 1 aromatic carbocycles. The molecule has 3 aromatic rings. The molecule has 3 heterocycles. The van der Waals surface area contributed by atoms with E-state index in [-0.39, 0.29) is 24.5 Å². The normalized spacial score (nSPS) is 18.1. The number of methoxy groups -OCH3 is 1. The molecule has 1 saturated heterocycles. The summed E-state index contributed by atoms with van der Waals surface area (Å²) in [5.74, 6) is 0.450. The van der Waals surface area contributed by atoms with Crippen molar-refractivity contribution in [3.05, 3.63) is 77.3 Å². The lowest BCUT2D eigenvalue weighted by atomic mass is 10.0. The van der Waals surface area contributed by atoms with Gasteiger partial charge in [0.15, 0.2) is 10.2 Å². The van der Waals surface area contributed by atoms with E-state index < -0.39 is 0 Å². The fourth-order valence-corrected chi connectivity index (χ4v) is 4.67. The quantitative estimate of drug-likeness (QED) is 0.379. The third-order valence-electron chi connectivity index (χ3n) is 4.91. The number of pyridine rings is 1. The van der Waals surface area contributed by atoms with Gasteiger partial charge in [0.1, 0.15) is 11.8 Å².